The van der Waals surface area contributed by atoms with E-state index in [1.54, 1.807) is 0 Å². The molecule has 2 N–H and O–H groups in total. The summed E-state index contributed by atoms with van der Waals surface area (Å²) >= 11 is 0. The van der Waals surface area contributed by atoms with Gasteiger partial charge in [-0.05, 0) is 73.1 Å². The van der Waals surface area contributed by atoms with E-state index in [0.29, 0.717) is 23.5 Å². The number of hydrogen-bond donors (Lipinski definition) is 2. The Kier molecular flexibility index (Phi) is 4.37. The zero-order valence-corrected chi connectivity index (χ0v) is 14.9. The summed E-state index contributed by atoms with van der Waals surface area (Å²) in [5, 5.41) is 18.3. The third-order valence-electron chi connectivity index (χ3n) is 7.06. The largest absolute Gasteiger partial charge is 0.491 e. The molecular weight excluding hydrogens is 316 g/mol. The van der Waals surface area contributed by atoms with E-state index in [2.05, 4.69) is 19.1 Å². The third-order valence-corrected chi connectivity index (χ3v) is 7.06. The van der Waals surface area contributed by atoms with E-state index in [4.69, 9.17) is 9.84 Å². The Morgan fingerprint density at radius 2 is 2.12 bits per heavy atom. The maximum absolute atomic E-state index is 12.4. The fourth-order valence-corrected chi connectivity index (χ4v) is 5.66. The molecule has 5 atom stereocenters. The van der Waals surface area contributed by atoms with Crippen LogP contribution in [0.15, 0.2) is 18.2 Å². The van der Waals surface area contributed by atoms with Gasteiger partial charge in [0, 0.05) is 11.8 Å². The lowest BCUT2D eigenvalue weighted by atomic mass is 9.55. The molecule has 0 aromatic heterocycles. The predicted molar refractivity (Wildman–Crippen MR) is 94.7 cm³/mol. The Balaban J connectivity index is 1.54. The molecule has 3 aliphatic carbocycles. The number of aliphatic hydroxyl groups excluding tert-OH is 2. The highest BCUT2D eigenvalue weighted by Crippen LogP contribution is 2.59. The molecule has 1 unspecified atom stereocenters. The molecular formula is C21H28O4. The minimum absolute atomic E-state index is 0.0673. The molecule has 0 radical (unpaired) electrons. The van der Waals surface area contributed by atoms with Crippen LogP contribution in [0.4, 0.5) is 0 Å². The molecule has 0 amide bonds. The molecule has 3 aliphatic rings. The predicted octanol–water partition coefficient (Wildman–Crippen LogP) is 2.84. The molecule has 2 saturated carbocycles. The second-order valence-electron chi connectivity index (χ2n) is 8.34. The van der Waals surface area contributed by atoms with Crippen LogP contribution in [0.25, 0.3) is 0 Å². The van der Waals surface area contributed by atoms with Crippen LogP contribution < -0.4 is 4.74 Å². The van der Waals surface area contributed by atoms with Gasteiger partial charge in [-0.25, -0.2) is 0 Å². The zero-order valence-electron chi connectivity index (χ0n) is 14.9. The number of fused-ring (bicyclic) bond motifs is 5. The molecule has 2 fully saturated rings. The fourth-order valence-electron chi connectivity index (χ4n) is 5.66. The number of aliphatic hydroxyl groups is 2. The van der Waals surface area contributed by atoms with Crippen LogP contribution in [-0.4, -0.2) is 35.3 Å². The number of Topliss-reactive ketones (excluding diaryl/α,β-unsaturated/α-hetero) is 1. The van der Waals surface area contributed by atoms with Crippen molar-refractivity contribution in [1.29, 1.82) is 0 Å². The lowest BCUT2D eigenvalue weighted by molar-refractivity contribution is -0.129. The molecule has 0 saturated heterocycles. The third kappa shape index (κ3) is 2.80. The molecule has 4 rings (SSSR count). The first kappa shape index (κ1) is 17.0. The summed E-state index contributed by atoms with van der Waals surface area (Å²) in [5.41, 5.74) is 2.72. The Hall–Kier alpha value is -1.39. The Bertz CT molecular complexity index is 670. The van der Waals surface area contributed by atoms with Gasteiger partial charge in [-0.1, -0.05) is 13.0 Å². The molecule has 4 heteroatoms. The summed E-state index contributed by atoms with van der Waals surface area (Å²) in [5.74, 6) is 3.03. The van der Waals surface area contributed by atoms with Crippen molar-refractivity contribution in [3.05, 3.63) is 29.3 Å². The molecule has 1 aromatic rings. The summed E-state index contributed by atoms with van der Waals surface area (Å²) in [4.78, 5) is 12.4. The monoisotopic (exact) mass is 344 g/mol. The number of ketones is 1. The number of carbonyl (C=O) groups excluding carboxylic acids is 1. The highest BCUT2D eigenvalue weighted by molar-refractivity contribution is 5.87. The molecule has 136 valence electrons. The van der Waals surface area contributed by atoms with Crippen LogP contribution in [0.5, 0.6) is 5.75 Å². The fraction of sp³-hybridized carbons (Fsp3) is 0.667. The first-order valence-corrected chi connectivity index (χ1v) is 9.61. The number of aryl methyl sites for hydroxylation is 1. The summed E-state index contributed by atoms with van der Waals surface area (Å²) < 4.78 is 5.61. The second-order valence-corrected chi connectivity index (χ2v) is 8.34. The van der Waals surface area contributed by atoms with E-state index in [-0.39, 0.29) is 18.6 Å². The summed E-state index contributed by atoms with van der Waals surface area (Å²) in [6.07, 6.45) is 5.35. The lowest BCUT2D eigenvalue weighted by Crippen LogP contribution is -2.42. The van der Waals surface area contributed by atoms with E-state index in [1.807, 2.05) is 6.07 Å². The summed E-state index contributed by atoms with van der Waals surface area (Å²) in [6.45, 7) is 2.04. The minimum Gasteiger partial charge on any atom is -0.491 e. The van der Waals surface area contributed by atoms with Crippen molar-refractivity contribution in [1.82, 2.24) is 0 Å². The lowest BCUT2D eigenvalue weighted by Gasteiger charge is -2.48. The van der Waals surface area contributed by atoms with Gasteiger partial charge in [0.2, 0.25) is 0 Å². The Morgan fingerprint density at radius 3 is 2.92 bits per heavy atom. The Labute approximate surface area is 149 Å². The number of rotatable bonds is 4. The van der Waals surface area contributed by atoms with Gasteiger partial charge in [-0.2, -0.15) is 0 Å². The highest BCUT2D eigenvalue weighted by Gasteiger charge is 2.54. The van der Waals surface area contributed by atoms with Gasteiger partial charge in [-0.15, -0.1) is 0 Å². The smallest absolute Gasteiger partial charge is 0.139 e. The van der Waals surface area contributed by atoms with Crippen LogP contribution >= 0.6 is 0 Å². The molecule has 0 heterocycles. The van der Waals surface area contributed by atoms with Crippen LogP contribution in [0, 0.1) is 17.3 Å². The quantitative estimate of drug-likeness (QED) is 0.881. The van der Waals surface area contributed by atoms with Crippen LogP contribution in [0.1, 0.15) is 56.1 Å². The van der Waals surface area contributed by atoms with Crippen LogP contribution in [0.3, 0.4) is 0 Å². The van der Waals surface area contributed by atoms with E-state index >= 15 is 0 Å². The van der Waals surface area contributed by atoms with Gasteiger partial charge in [0.1, 0.15) is 24.2 Å². The van der Waals surface area contributed by atoms with Crippen molar-refractivity contribution in [3.63, 3.8) is 0 Å². The molecule has 25 heavy (non-hydrogen) atoms. The number of carbonyl (C=O) groups is 1. The number of hydrogen-bond acceptors (Lipinski definition) is 4. The van der Waals surface area contributed by atoms with Gasteiger partial charge >= 0.3 is 0 Å². The average Bonchev–Trinajstić information content (AvgIpc) is 2.94. The van der Waals surface area contributed by atoms with E-state index < -0.39 is 6.10 Å². The van der Waals surface area contributed by atoms with Crippen molar-refractivity contribution in [3.8, 4) is 5.75 Å². The molecule has 1 aromatic carbocycles. The van der Waals surface area contributed by atoms with Crippen molar-refractivity contribution >= 4 is 5.78 Å². The maximum atomic E-state index is 12.4. The molecule has 0 spiro atoms. The summed E-state index contributed by atoms with van der Waals surface area (Å²) in [6, 6.07) is 6.27. The highest BCUT2D eigenvalue weighted by atomic mass is 16.5. The van der Waals surface area contributed by atoms with Crippen molar-refractivity contribution in [2.75, 3.05) is 13.2 Å². The number of ether oxygens (including phenoxy) is 1. The molecule has 0 bridgehead atoms. The first-order chi connectivity index (χ1) is 12.0. The van der Waals surface area contributed by atoms with E-state index in [1.165, 1.54) is 11.1 Å². The average molecular weight is 344 g/mol. The van der Waals surface area contributed by atoms with Gasteiger partial charge in [0.15, 0.2) is 0 Å². The Morgan fingerprint density at radius 1 is 1.28 bits per heavy atom. The first-order valence-electron chi connectivity index (χ1n) is 9.61. The zero-order chi connectivity index (χ0) is 17.6. The normalized spacial score (nSPS) is 34.8. The maximum Gasteiger partial charge on any atom is 0.139 e. The molecule has 0 aliphatic heterocycles. The van der Waals surface area contributed by atoms with Gasteiger partial charge in [-0.3, -0.25) is 4.79 Å². The van der Waals surface area contributed by atoms with Crippen molar-refractivity contribution in [2.24, 2.45) is 17.3 Å². The van der Waals surface area contributed by atoms with Gasteiger partial charge in [0.25, 0.3) is 0 Å². The SMILES string of the molecule is C[C@]12CC[C@@H]3c4ccc(OCC(O)CO)cc4CC[C@H]3[C@@H]1CCC2=O. The van der Waals surface area contributed by atoms with E-state index in [0.717, 1.165) is 44.3 Å². The van der Waals surface area contributed by atoms with Crippen LogP contribution in [0.2, 0.25) is 0 Å². The summed E-state index contributed by atoms with van der Waals surface area (Å²) in [7, 11) is 0. The van der Waals surface area contributed by atoms with Gasteiger partial charge < -0.3 is 14.9 Å². The van der Waals surface area contributed by atoms with Crippen LogP contribution in [-0.2, 0) is 11.2 Å². The van der Waals surface area contributed by atoms with E-state index in [9.17, 15) is 9.90 Å². The van der Waals surface area contributed by atoms with Crippen molar-refractivity contribution < 1.29 is 19.7 Å². The second kappa shape index (κ2) is 6.40. The molecule has 4 nitrogen and oxygen atoms in total. The number of benzene rings is 1. The topological polar surface area (TPSA) is 66.8 Å². The minimum atomic E-state index is -0.837. The van der Waals surface area contributed by atoms with Gasteiger partial charge in [0.05, 0.1) is 6.61 Å². The van der Waals surface area contributed by atoms with Crippen molar-refractivity contribution in [2.45, 2.75) is 57.5 Å². The standard InChI is InChI=1S/C21H28O4/c1-21-9-8-17-16-5-3-15(25-12-14(23)11-22)10-13(16)2-4-18(17)19(21)6-7-20(21)24/h3,5,10,14,17-19,22-23H,2,4,6-9,11-12H2,1H3/t14?,17-,18-,19+,21+/m1/s1.